The maximum atomic E-state index is 6.05. The molecule has 0 saturated carbocycles. The quantitative estimate of drug-likeness (QED) is 0.791. The van der Waals surface area contributed by atoms with E-state index in [9.17, 15) is 0 Å². The number of rotatable bonds is 3. The van der Waals surface area contributed by atoms with E-state index in [1.807, 2.05) is 18.2 Å². The van der Waals surface area contributed by atoms with Crippen LogP contribution in [0.15, 0.2) is 48.5 Å². The van der Waals surface area contributed by atoms with E-state index >= 15 is 0 Å². The van der Waals surface area contributed by atoms with Gasteiger partial charge in [0, 0.05) is 17.6 Å². The Morgan fingerprint density at radius 1 is 1.05 bits per heavy atom. The average Bonchev–Trinajstić information content (AvgIpc) is 2.67. The molecule has 0 heterocycles. The summed E-state index contributed by atoms with van der Waals surface area (Å²) in [4.78, 5) is 0. The van der Waals surface area contributed by atoms with Crippen LogP contribution in [-0.4, -0.2) is 0 Å². The van der Waals surface area contributed by atoms with Crippen LogP contribution in [0.1, 0.15) is 42.0 Å². The molecular weight excluding hydrogens is 266 g/mol. The molecule has 1 aliphatic rings. The second-order valence-electron chi connectivity index (χ2n) is 5.51. The van der Waals surface area contributed by atoms with Crippen LogP contribution < -0.4 is 5.32 Å². The molecule has 0 fully saturated rings. The lowest BCUT2D eigenvalue weighted by Crippen LogP contribution is -2.21. The Labute approximate surface area is 126 Å². The minimum absolute atomic E-state index is 0.465. The number of nitrogens with one attached hydrogen (secondary N) is 1. The lowest BCUT2D eigenvalue weighted by atomic mass is 9.99. The van der Waals surface area contributed by atoms with E-state index < -0.39 is 0 Å². The van der Waals surface area contributed by atoms with Crippen molar-refractivity contribution in [3.05, 3.63) is 70.2 Å². The summed E-state index contributed by atoms with van der Waals surface area (Å²) >= 11 is 6.05. The van der Waals surface area contributed by atoms with Crippen molar-refractivity contribution in [3.8, 4) is 0 Å². The van der Waals surface area contributed by atoms with Gasteiger partial charge in [0.05, 0.1) is 0 Å². The first kappa shape index (κ1) is 13.7. The lowest BCUT2D eigenvalue weighted by molar-refractivity contribution is 0.489. The van der Waals surface area contributed by atoms with Gasteiger partial charge in [0.2, 0.25) is 0 Å². The van der Waals surface area contributed by atoms with Crippen LogP contribution in [0, 0.1) is 0 Å². The number of benzene rings is 2. The van der Waals surface area contributed by atoms with Gasteiger partial charge in [0.1, 0.15) is 0 Å². The maximum absolute atomic E-state index is 6.05. The van der Waals surface area contributed by atoms with Gasteiger partial charge >= 0.3 is 0 Å². The molecule has 0 spiro atoms. The highest BCUT2D eigenvalue weighted by Gasteiger charge is 2.17. The van der Waals surface area contributed by atoms with E-state index in [0.717, 1.165) is 11.6 Å². The third-order valence-electron chi connectivity index (χ3n) is 4.06. The molecule has 2 aromatic rings. The van der Waals surface area contributed by atoms with Gasteiger partial charge in [-0.15, -0.1) is 0 Å². The van der Waals surface area contributed by atoms with Gasteiger partial charge in [-0.25, -0.2) is 0 Å². The fraction of sp³-hybridized carbons (Fsp3) is 0.333. The maximum Gasteiger partial charge on any atom is 0.0409 e. The van der Waals surface area contributed by atoms with Crippen LogP contribution in [0.3, 0.4) is 0 Å². The summed E-state index contributed by atoms with van der Waals surface area (Å²) < 4.78 is 0. The van der Waals surface area contributed by atoms with Crippen LogP contribution in [0.5, 0.6) is 0 Å². The highest BCUT2D eigenvalue weighted by molar-refractivity contribution is 6.30. The summed E-state index contributed by atoms with van der Waals surface area (Å²) in [7, 11) is 0. The Morgan fingerprint density at radius 2 is 1.95 bits per heavy atom. The zero-order chi connectivity index (χ0) is 13.8. The van der Waals surface area contributed by atoms with Crippen molar-refractivity contribution in [1.82, 2.24) is 5.32 Å². The zero-order valence-electron chi connectivity index (χ0n) is 11.6. The number of hydrogen-bond donors (Lipinski definition) is 1. The highest BCUT2D eigenvalue weighted by Crippen LogP contribution is 2.28. The van der Waals surface area contributed by atoms with Crippen molar-refractivity contribution in [2.24, 2.45) is 0 Å². The van der Waals surface area contributed by atoms with Crippen molar-refractivity contribution in [2.75, 3.05) is 0 Å². The first-order valence-electron chi connectivity index (χ1n) is 7.38. The molecule has 104 valence electrons. The molecule has 2 aromatic carbocycles. The molecule has 3 rings (SSSR count). The second kappa shape index (κ2) is 6.43. The van der Waals surface area contributed by atoms with E-state index in [-0.39, 0.29) is 0 Å². The summed E-state index contributed by atoms with van der Waals surface area (Å²) in [5.74, 6) is 0. The van der Waals surface area contributed by atoms with Gasteiger partial charge in [-0.2, -0.15) is 0 Å². The van der Waals surface area contributed by atoms with Crippen LogP contribution in [-0.2, 0) is 13.0 Å². The van der Waals surface area contributed by atoms with E-state index in [2.05, 4.69) is 35.6 Å². The van der Waals surface area contributed by atoms with E-state index in [0.29, 0.717) is 6.04 Å². The second-order valence-corrected chi connectivity index (χ2v) is 5.94. The lowest BCUT2D eigenvalue weighted by Gasteiger charge is -2.19. The smallest absolute Gasteiger partial charge is 0.0409 e. The van der Waals surface area contributed by atoms with E-state index in [1.165, 1.54) is 42.4 Å². The molecule has 1 unspecified atom stereocenters. The molecule has 1 atom stereocenters. The Balaban J connectivity index is 1.74. The van der Waals surface area contributed by atoms with Gasteiger partial charge < -0.3 is 5.32 Å². The summed E-state index contributed by atoms with van der Waals surface area (Å²) in [5, 5.41) is 4.51. The topological polar surface area (TPSA) is 12.0 Å². The molecule has 1 aliphatic carbocycles. The minimum atomic E-state index is 0.465. The molecule has 0 aromatic heterocycles. The fourth-order valence-corrected chi connectivity index (χ4v) is 3.23. The molecule has 0 aliphatic heterocycles. The molecular formula is C18H20ClN. The number of hydrogen-bond acceptors (Lipinski definition) is 1. The van der Waals surface area contributed by atoms with Gasteiger partial charge in [-0.3, -0.25) is 0 Å². The van der Waals surface area contributed by atoms with Crippen LogP contribution in [0.25, 0.3) is 0 Å². The molecule has 1 N–H and O–H groups in total. The predicted molar refractivity (Wildman–Crippen MR) is 85.0 cm³/mol. The number of fused-ring (bicyclic) bond motifs is 1. The fourth-order valence-electron chi connectivity index (χ4n) is 3.02. The van der Waals surface area contributed by atoms with Crippen molar-refractivity contribution >= 4 is 11.6 Å². The summed E-state index contributed by atoms with van der Waals surface area (Å²) in [6, 6.07) is 17.4. The third kappa shape index (κ3) is 3.23. The first-order valence-corrected chi connectivity index (χ1v) is 7.76. The molecule has 1 nitrogen and oxygen atoms in total. The van der Waals surface area contributed by atoms with Crippen LogP contribution in [0.4, 0.5) is 0 Å². The standard InChI is InChI=1S/C18H20ClN/c19-16-9-5-6-14(12-16)13-20-18-11-4-2-8-15-7-1-3-10-17(15)18/h1,3,5-7,9-10,12,18,20H,2,4,8,11,13H2. The highest BCUT2D eigenvalue weighted by atomic mass is 35.5. The average molecular weight is 286 g/mol. The molecule has 0 amide bonds. The molecule has 0 radical (unpaired) electrons. The molecule has 20 heavy (non-hydrogen) atoms. The molecule has 0 saturated heterocycles. The van der Waals surface area contributed by atoms with Gasteiger partial charge in [-0.05, 0) is 48.1 Å². The molecule has 2 heteroatoms. The van der Waals surface area contributed by atoms with Gasteiger partial charge in [0.25, 0.3) is 0 Å². The monoisotopic (exact) mass is 285 g/mol. The van der Waals surface area contributed by atoms with Crippen molar-refractivity contribution in [2.45, 2.75) is 38.3 Å². The van der Waals surface area contributed by atoms with Crippen molar-refractivity contribution in [1.29, 1.82) is 0 Å². The largest absolute Gasteiger partial charge is 0.306 e. The number of halogens is 1. The predicted octanol–water partition coefficient (Wildman–Crippen LogP) is 4.90. The van der Waals surface area contributed by atoms with E-state index in [4.69, 9.17) is 11.6 Å². The molecule has 0 bridgehead atoms. The SMILES string of the molecule is Clc1cccc(CNC2CCCCc3ccccc32)c1. The Hall–Kier alpha value is -1.31. The summed E-state index contributed by atoms with van der Waals surface area (Å²) in [6.45, 7) is 0.875. The first-order chi connectivity index (χ1) is 9.83. The van der Waals surface area contributed by atoms with Crippen LogP contribution in [0.2, 0.25) is 5.02 Å². The minimum Gasteiger partial charge on any atom is -0.306 e. The van der Waals surface area contributed by atoms with E-state index in [1.54, 1.807) is 0 Å². The Bertz CT molecular complexity index is 579. The Morgan fingerprint density at radius 3 is 2.85 bits per heavy atom. The third-order valence-corrected chi connectivity index (χ3v) is 4.30. The van der Waals surface area contributed by atoms with Crippen molar-refractivity contribution in [3.63, 3.8) is 0 Å². The number of aryl methyl sites for hydroxylation is 1. The van der Waals surface area contributed by atoms with Gasteiger partial charge in [-0.1, -0.05) is 54.4 Å². The Kier molecular flexibility index (Phi) is 4.39. The van der Waals surface area contributed by atoms with Gasteiger partial charge in [0.15, 0.2) is 0 Å². The summed E-state index contributed by atoms with van der Waals surface area (Å²) in [5.41, 5.74) is 4.24. The van der Waals surface area contributed by atoms with Crippen molar-refractivity contribution < 1.29 is 0 Å². The summed E-state index contributed by atoms with van der Waals surface area (Å²) in [6.07, 6.45) is 5.03. The zero-order valence-corrected chi connectivity index (χ0v) is 12.4. The van der Waals surface area contributed by atoms with Crippen LogP contribution >= 0.6 is 11.6 Å². The normalized spacial score (nSPS) is 18.4.